The van der Waals surface area contributed by atoms with E-state index >= 15 is 0 Å². The molecule has 1 aromatic heterocycles. The quantitative estimate of drug-likeness (QED) is 0.662. The van der Waals surface area contributed by atoms with Crippen molar-refractivity contribution >= 4 is 5.91 Å². The molecule has 19 heavy (non-hydrogen) atoms. The smallest absolute Gasteiger partial charge is 0.253 e. The van der Waals surface area contributed by atoms with Gasteiger partial charge < -0.3 is 20.3 Å². The minimum atomic E-state index is -0.192. The summed E-state index contributed by atoms with van der Waals surface area (Å²) >= 11 is 0. The topological polar surface area (TPSA) is 68.4 Å². The summed E-state index contributed by atoms with van der Waals surface area (Å²) in [5.74, 6) is -0.127. The fraction of sp³-hybridized carbons (Fsp3) is 0.643. The van der Waals surface area contributed by atoms with E-state index in [1.54, 1.807) is 12.4 Å². The Labute approximate surface area is 115 Å². The Kier molecular flexibility index (Phi) is 6.59. The van der Waals surface area contributed by atoms with Gasteiger partial charge in [0.15, 0.2) is 0 Å². The maximum Gasteiger partial charge on any atom is 0.253 e. The molecule has 5 heteroatoms. The lowest BCUT2D eigenvalue weighted by atomic mass is 10.1. The van der Waals surface area contributed by atoms with Crippen LogP contribution in [0.25, 0.3) is 0 Å². The van der Waals surface area contributed by atoms with Gasteiger partial charge in [0.1, 0.15) is 0 Å². The lowest BCUT2D eigenvalue weighted by Crippen LogP contribution is -2.40. The first-order valence-corrected chi connectivity index (χ1v) is 6.89. The predicted octanol–water partition coefficient (Wildman–Crippen LogP) is 1.15. The molecular formula is C14H25N3O2. The molecule has 0 spiro atoms. The summed E-state index contributed by atoms with van der Waals surface area (Å²) in [5.41, 5.74) is 1.55. The van der Waals surface area contributed by atoms with Crippen LogP contribution in [0.1, 0.15) is 36.2 Å². The third-order valence-electron chi connectivity index (χ3n) is 3.44. The summed E-state index contributed by atoms with van der Waals surface area (Å²) in [6.07, 6.45) is 4.23. The summed E-state index contributed by atoms with van der Waals surface area (Å²) in [7, 11) is 0. The van der Waals surface area contributed by atoms with Crippen LogP contribution in [0, 0.1) is 6.92 Å². The number of hydrogen-bond donors (Lipinski definition) is 3. The molecule has 3 N–H and O–H groups in total. The zero-order valence-electron chi connectivity index (χ0n) is 12.1. The Bertz CT molecular complexity index is 386. The molecular weight excluding hydrogens is 242 g/mol. The summed E-state index contributed by atoms with van der Waals surface area (Å²) in [6, 6.07) is -0.192. The molecule has 1 rings (SSSR count). The molecule has 0 saturated heterocycles. The van der Waals surface area contributed by atoms with Crippen LogP contribution in [-0.2, 0) is 0 Å². The van der Waals surface area contributed by atoms with Gasteiger partial charge >= 0.3 is 0 Å². The second-order valence-electron chi connectivity index (χ2n) is 4.72. The third kappa shape index (κ3) is 4.69. The molecule has 0 aliphatic carbocycles. The van der Waals surface area contributed by atoms with E-state index < -0.39 is 0 Å². The number of carbonyl (C=O) groups is 1. The zero-order chi connectivity index (χ0) is 14.3. The largest absolute Gasteiger partial charge is 0.394 e. The van der Waals surface area contributed by atoms with Gasteiger partial charge in [-0.15, -0.1) is 0 Å². The maximum atomic E-state index is 12.0. The molecule has 1 aromatic rings. The maximum absolute atomic E-state index is 12.0. The molecule has 0 aromatic carbocycles. The number of aryl methyl sites for hydroxylation is 1. The number of nitrogens with zero attached hydrogens (tertiary/aromatic N) is 1. The molecule has 108 valence electrons. The molecule has 1 unspecified atom stereocenters. The summed E-state index contributed by atoms with van der Waals surface area (Å²) in [5, 5.41) is 12.2. The fourth-order valence-corrected chi connectivity index (χ4v) is 2.04. The van der Waals surface area contributed by atoms with Crippen molar-refractivity contribution in [2.45, 2.75) is 33.2 Å². The number of aliphatic hydroxyl groups excluding tert-OH is 1. The number of hydrogen-bond acceptors (Lipinski definition) is 3. The highest BCUT2D eigenvalue weighted by Crippen LogP contribution is 2.06. The minimum Gasteiger partial charge on any atom is -0.394 e. The Morgan fingerprint density at radius 1 is 1.42 bits per heavy atom. The fourth-order valence-electron chi connectivity index (χ4n) is 2.04. The van der Waals surface area contributed by atoms with Gasteiger partial charge in [-0.3, -0.25) is 4.79 Å². The Morgan fingerprint density at radius 2 is 2.11 bits per heavy atom. The lowest BCUT2D eigenvalue weighted by molar-refractivity contribution is 0.0907. The average Bonchev–Trinajstić information content (AvgIpc) is 2.84. The average molecular weight is 267 g/mol. The Morgan fingerprint density at radius 3 is 2.58 bits per heavy atom. The molecule has 5 nitrogen and oxygen atoms in total. The van der Waals surface area contributed by atoms with Crippen molar-refractivity contribution in [3.05, 3.63) is 23.5 Å². The van der Waals surface area contributed by atoms with Crippen LogP contribution in [0.15, 0.2) is 12.4 Å². The molecule has 1 amide bonds. The summed E-state index contributed by atoms with van der Waals surface area (Å²) < 4.78 is 0. The minimum absolute atomic E-state index is 0.0313. The number of H-pyrrole nitrogens is 1. The highest BCUT2D eigenvalue weighted by atomic mass is 16.3. The van der Waals surface area contributed by atoms with Crippen LogP contribution in [0.4, 0.5) is 0 Å². The van der Waals surface area contributed by atoms with Crippen LogP contribution in [0.3, 0.4) is 0 Å². The molecule has 1 atom stereocenters. The van der Waals surface area contributed by atoms with Crippen molar-refractivity contribution in [3.63, 3.8) is 0 Å². The van der Waals surface area contributed by atoms with Gasteiger partial charge in [-0.2, -0.15) is 0 Å². The second-order valence-corrected chi connectivity index (χ2v) is 4.72. The van der Waals surface area contributed by atoms with Gasteiger partial charge in [-0.1, -0.05) is 13.8 Å². The Hall–Kier alpha value is -1.33. The molecule has 0 radical (unpaired) electrons. The number of carbonyl (C=O) groups excluding carboxylic acids is 1. The summed E-state index contributed by atoms with van der Waals surface area (Å²) in [4.78, 5) is 17.2. The van der Waals surface area contributed by atoms with Gasteiger partial charge in [0, 0.05) is 18.9 Å². The van der Waals surface area contributed by atoms with Crippen LogP contribution < -0.4 is 5.32 Å². The zero-order valence-corrected chi connectivity index (χ0v) is 12.1. The molecule has 0 aliphatic heterocycles. The monoisotopic (exact) mass is 267 g/mol. The van der Waals surface area contributed by atoms with Gasteiger partial charge in [0.2, 0.25) is 0 Å². The molecule has 0 aliphatic rings. The molecule has 1 heterocycles. The van der Waals surface area contributed by atoms with E-state index in [0.717, 1.165) is 31.6 Å². The van der Waals surface area contributed by atoms with E-state index in [0.29, 0.717) is 5.56 Å². The van der Waals surface area contributed by atoms with Crippen molar-refractivity contribution in [1.29, 1.82) is 0 Å². The number of rotatable bonds is 8. The van der Waals surface area contributed by atoms with Gasteiger partial charge in [-0.05, 0) is 32.0 Å². The molecule has 0 fully saturated rings. The van der Waals surface area contributed by atoms with E-state index in [4.69, 9.17) is 0 Å². The first-order chi connectivity index (χ1) is 9.12. The predicted molar refractivity (Wildman–Crippen MR) is 76.3 cm³/mol. The van der Waals surface area contributed by atoms with Crippen molar-refractivity contribution in [2.24, 2.45) is 0 Å². The standard InChI is InChI=1S/C14H25N3O2/c1-4-17(5-2)7-6-12(10-18)16-14(19)13-9-15-8-11(13)3/h8-9,12,15,18H,4-7,10H2,1-3H3,(H,16,19). The molecule has 0 saturated carbocycles. The molecule has 0 bridgehead atoms. The first kappa shape index (κ1) is 15.7. The van der Waals surface area contributed by atoms with Crippen LogP contribution in [0.2, 0.25) is 0 Å². The van der Waals surface area contributed by atoms with Crippen LogP contribution >= 0.6 is 0 Å². The Balaban J connectivity index is 2.48. The lowest BCUT2D eigenvalue weighted by Gasteiger charge is -2.22. The highest BCUT2D eigenvalue weighted by molar-refractivity contribution is 5.95. The second kappa shape index (κ2) is 7.96. The van der Waals surface area contributed by atoms with Crippen LogP contribution in [-0.4, -0.2) is 53.2 Å². The van der Waals surface area contributed by atoms with Crippen molar-refractivity contribution in [1.82, 2.24) is 15.2 Å². The van der Waals surface area contributed by atoms with Crippen molar-refractivity contribution < 1.29 is 9.90 Å². The number of aliphatic hydroxyl groups is 1. The van der Waals surface area contributed by atoms with E-state index in [1.165, 1.54) is 0 Å². The van der Waals surface area contributed by atoms with Gasteiger partial charge in [-0.25, -0.2) is 0 Å². The van der Waals surface area contributed by atoms with Crippen molar-refractivity contribution in [3.8, 4) is 0 Å². The highest BCUT2D eigenvalue weighted by Gasteiger charge is 2.15. The number of aromatic nitrogens is 1. The first-order valence-electron chi connectivity index (χ1n) is 6.89. The van der Waals surface area contributed by atoms with E-state index in [-0.39, 0.29) is 18.6 Å². The van der Waals surface area contributed by atoms with Crippen molar-refractivity contribution in [2.75, 3.05) is 26.2 Å². The third-order valence-corrected chi connectivity index (χ3v) is 3.44. The normalized spacial score (nSPS) is 12.7. The number of nitrogens with one attached hydrogen (secondary N) is 2. The van der Waals surface area contributed by atoms with E-state index in [2.05, 4.69) is 29.0 Å². The van der Waals surface area contributed by atoms with Crippen LogP contribution in [0.5, 0.6) is 0 Å². The SMILES string of the molecule is CCN(CC)CCC(CO)NC(=O)c1c[nH]cc1C. The number of amides is 1. The van der Waals surface area contributed by atoms with Gasteiger partial charge in [0.05, 0.1) is 18.2 Å². The van der Waals surface area contributed by atoms with E-state index in [1.807, 2.05) is 6.92 Å². The van der Waals surface area contributed by atoms with E-state index in [9.17, 15) is 9.90 Å². The number of aromatic amines is 1. The summed E-state index contributed by atoms with van der Waals surface area (Å²) in [6.45, 7) is 8.92. The van der Waals surface area contributed by atoms with Gasteiger partial charge in [0.25, 0.3) is 5.91 Å².